The largest absolute Gasteiger partial charge is 0.477 e. The second-order valence-corrected chi connectivity index (χ2v) is 6.14. The van der Waals surface area contributed by atoms with E-state index in [0.29, 0.717) is 22.6 Å². The molecule has 1 aliphatic heterocycles. The molecule has 0 aromatic rings. The lowest BCUT2D eigenvalue weighted by atomic mass is 9.86. The van der Waals surface area contributed by atoms with Crippen LogP contribution in [0.25, 0.3) is 0 Å². The van der Waals surface area contributed by atoms with Crippen LogP contribution in [-0.2, 0) is 19.1 Å². The highest BCUT2D eigenvalue weighted by molar-refractivity contribution is 9.12. The van der Waals surface area contributed by atoms with Crippen LogP contribution < -0.4 is 0 Å². The van der Waals surface area contributed by atoms with E-state index in [4.69, 9.17) is 9.47 Å². The van der Waals surface area contributed by atoms with Crippen molar-refractivity contribution in [1.29, 1.82) is 0 Å². The predicted octanol–water partition coefficient (Wildman–Crippen LogP) is 2.87. The maximum Gasteiger partial charge on any atom is 0.348 e. The van der Waals surface area contributed by atoms with Gasteiger partial charge in [0, 0.05) is 0 Å². The normalized spacial score (nSPS) is 30.3. The van der Waals surface area contributed by atoms with Crippen molar-refractivity contribution in [2.75, 3.05) is 0 Å². The second-order valence-electron chi connectivity index (χ2n) is 5.34. The van der Waals surface area contributed by atoms with Crippen molar-refractivity contribution in [3.05, 3.63) is 22.4 Å². The van der Waals surface area contributed by atoms with Gasteiger partial charge in [0.15, 0.2) is 23.2 Å². The smallest absolute Gasteiger partial charge is 0.348 e. The molecule has 0 unspecified atom stereocenters. The Morgan fingerprint density at radius 2 is 2.11 bits per heavy atom. The third-order valence-corrected chi connectivity index (χ3v) is 4.06. The summed E-state index contributed by atoms with van der Waals surface area (Å²) in [5.74, 6) is 0.332. The van der Waals surface area contributed by atoms with Gasteiger partial charge in [0.05, 0.1) is 0 Å². The summed E-state index contributed by atoms with van der Waals surface area (Å²) in [6.07, 6.45) is 3.86. The van der Waals surface area contributed by atoms with Gasteiger partial charge < -0.3 is 9.47 Å². The van der Waals surface area contributed by atoms with Crippen LogP contribution in [0.4, 0.5) is 0 Å². The van der Waals surface area contributed by atoms with Crippen LogP contribution in [0.5, 0.6) is 0 Å². The van der Waals surface area contributed by atoms with Gasteiger partial charge >= 0.3 is 5.97 Å². The highest BCUT2D eigenvalue weighted by Gasteiger charge is 2.48. The number of rotatable bonds is 3. The molecule has 4 nitrogen and oxygen atoms in total. The van der Waals surface area contributed by atoms with E-state index >= 15 is 0 Å². The number of hydrogen-bond acceptors (Lipinski definition) is 4. The molecule has 1 fully saturated rings. The number of carbonyl (C=O) groups excluding carboxylic acids is 2. The van der Waals surface area contributed by atoms with E-state index in [9.17, 15) is 9.59 Å². The standard InChI is InChI=1S/C14H17BrO4/c1-8(2)4-6-14-7-5-10(16)11(15)12(14)18-9(3)13(17)19-14/h5,7-9H,4,6H2,1-3H3/t9-,14+/m1/s1. The van der Waals surface area contributed by atoms with E-state index in [0.717, 1.165) is 6.42 Å². The van der Waals surface area contributed by atoms with Gasteiger partial charge in [0.2, 0.25) is 0 Å². The van der Waals surface area contributed by atoms with Gasteiger partial charge in [0.25, 0.3) is 0 Å². The van der Waals surface area contributed by atoms with Crippen LogP contribution in [0.3, 0.4) is 0 Å². The summed E-state index contributed by atoms with van der Waals surface area (Å²) in [6, 6.07) is 0. The number of hydrogen-bond donors (Lipinski definition) is 0. The molecule has 1 aliphatic carbocycles. The number of halogens is 1. The Morgan fingerprint density at radius 3 is 2.74 bits per heavy atom. The monoisotopic (exact) mass is 328 g/mol. The molecule has 1 saturated heterocycles. The lowest BCUT2D eigenvalue weighted by molar-refractivity contribution is -0.181. The summed E-state index contributed by atoms with van der Waals surface area (Å²) < 4.78 is 11.5. The molecule has 2 rings (SSSR count). The third-order valence-electron chi connectivity index (χ3n) is 3.31. The van der Waals surface area contributed by atoms with Crippen molar-refractivity contribution < 1.29 is 19.1 Å². The van der Waals surface area contributed by atoms with E-state index < -0.39 is 17.7 Å². The maximum absolute atomic E-state index is 11.8. The summed E-state index contributed by atoms with van der Waals surface area (Å²) in [5, 5.41) is 0. The minimum Gasteiger partial charge on any atom is -0.477 e. The fraction of sp³-hybridized carbons (Fsp3) is 0.571. The maximum atomic E-state index is 11.8. The molecular weight excluding hydrogens is 312 g/mol. The van der Waals surface area contributed by atoms with Crippen molar-refractivity contribution in [2.24, 2.45) is 5.92 Å². The Balaban J connectivity index is 2.37. The Kier molecular flexibility index (Phi) is 3.85. The van der Waals surface area contributed by atoms with E-state index in [1.165, 1.54) is 6.08 Å². The molecule has 0 amide bonds. The minimum atomic E-state index is -0.930. The van der Waals surface area contributed by atoms with Gasteiger partial charge in [-0.2, -0.15) is 0 Å². The number of fused-ring (bicyclic) bond motifs is 1. The minimum absolute atomic E-state index is 0.166. The summed E-state index contributed by atoms with van der Waals surface area (Å²) in [5.41, 5.74) is -0.930. The van der Waals surface area contributed by atoms with E-state index in [1.807, 2.05) is 0 Å². The quantitative estimate of drug-likeness (QED) is 0.747. The molecule has 2 aliphatic rings. The highest BCUT2D eigenvalue weighted by Crippen LogP contribution is 2.42. The van der Waals surface area contributed by atoms with E-state index in [-0.39, 0.29) is 5.78 Å². The fourth-order valence-corrected chi connectivity index (χ4v) is 2.69. The van der Waals surface area contributed by atoms with Gasteiger partial charge in [-0.15, -0.1) is 0 Å². The molecule has 2 atom stereocenters. The first kappa shape index (κ1) is 14.3. The van der Waals surface area contributed by atoms with E-state index in [2.05, 4.69) is 29.8 Å². The molecule has 19 heavy (non-hydrogen) atoms. The molecule has 104 valence electrons. The Hall–Kier alpha value is -1.10. The Bertz CT molecular complexity index is 478. The first-order valence-electron chi connectivity index (χ1n) is 6.39. The zero-order chi connectivity index (χ0) is 14.2. The average molecular weight is 329 g/mol. The summed E-state index contributed by atoms with van der Waals surface area (Å²) in [4.78, 5) is 23.5. The van der Waals surface area contributed by atoms with Crippen LogP contribution in [0.15, 0.2) is 22.4 Å². The van der Waals surface area contributed by atoms with Crippen LogP contribution in [0, 0.1) is 5.92 Å². The number of ether oxygens (including phenoxy) is 2. The van der Waals surface area contributed by atoms with Gasteiger partial charge in [0.1, 0.15) is 4.48 Å². The van der Waals surface area contributed by atoms with Crippen LogP contribution in [0.2, 0.25) is 0 Å². The van der Waals surface area contributed by atoms with Crippen LogP contribution in [0.1, 0.15) is 33.6 Å². The number of carbonyl (C=O) groups is 2. The lowest BCUT2D eigenvalue weighted by Crippen LogP contribution is -2.48. The van der Waals surface area contributed by atoms with E-state index in [1.54, 1.807) is 13.0 Å². The molecule has 0 aromatic heterocycles. The first-order valence-corrected chi connectivity index (χ1v) is 7.18. The summed E-state index contributed by atoms with van der Waals surface area (Å²) in [6.45, 7) is 5.81. The molecule has 1 heterocycles. The number of ketones is 1. The van der Waals surface area contributed by atoms with Crippen molar-refractivity contribution >= 4 is 27.7 Å². The van der Waals surface area contributed by atoms with Gasteiger partial charge in [-0.3, -0.25) is 4.79 Å². The molecule has 0 spiro atoms. The molecule has 0 N–H and O–H groups in total. The van der Waals surface area contributed by atoms with Crippen molar-refractivity contribution in [1.82, 2.24) is 0 Å². The molecular formula is C14H17BrO4. The van der Waals surface area contributed by atoms with Gasteiger partial charge in [-0.05, 0) is 53.8 Å². The van der Waals surface area contributed by atoms with Crippen molar-refractivity contribution in [3.8, 4) is 0 Å². The van der Waals surface area contributed by atoms with Crippen molar-refractivity contribution in [2.45, 2.75) is 45.3 Å². The molecule has 0 saturated carbocycles. The average Bonchev–Trinajstić information content (AvgIpc) is 2.35. The summed E-state index contributed by atoms with van der Waals surface area (Å²) in [7, 11) is 0. The fourth-order valence-electron chi connectivity index (χ4n) is 2.13. The summed E-state index contributed by atoms with van der Waals surface area (Å²) >= 11 is 3.25. The Morgan fingerprint density at radius 1 is 1.42 bits per heavy atom. The predicted molar refractivity (Wildman–Crippen MR) is 73.5 cm³/mol. The molecule has 5 heteroatoms. The zero-order valence-corrected chi connectivity index (χ0v) is 12.8. The number of allylic oxidation sites excluding steroid dienone is 2. The molecule has 0 bridgehead atoms. The van der Waals surface area contributed by atoms with Crippen LogP contribution >= 0.6 is 15.9 Å². The SMILES string of the molecule is CC(C)CC[C@]12C=CC(=O)C(Br)=C1O[C@H](C)C(=O)O2. The highest BCUT2D eigenvalue weighted by atomic mass is 79.9. The number of esters is 1. The van der Waals surface area contributed by atoms with Crippen LogP contribution in [-0.4, -0.2) is 23.5 Å². The first-order chi connectivity index (χ1) is 8.85. The zero-order valence-electron chi connectivity index (χ0n) is 11.2. The Labute approximate surface area is 121 Å². The third kappa shape index (κ3) is 2.61. The van der Waals surface area contributed by atoms with Crippen molar-refractivity contribution in [3.63, 3.8) is 0 Å². The lowest BCUT2D eigenvalue weighted by Gasteiger charge is -2.40. The molecule has 0 radical (unpaired) electrons. The van der Waals surface area contributed by atoms with Gasteiger partial charge in [-0.1, -0.05) is 13.8 Å². The molecule has 0 aromatic carbocycles. The topological polar surface area (TPSA) is 52.6 Å². The van der Waals surface area contributed by atoms with Gasteiger partial charge in [-0.25, -0.2) is 4.79 Å². The second kappa shape index (κ2) is 5.12.